The maximum absolute atomic E-state index is 11.9. The van der Waals surface area contributed by atoms with Gasteiger partial charge < -0.3 is 5.32 Å². The van der Waals surface area contributed by atoms with E-state index >= 15 is 0 Å². The van der Waals surface area contributed by atoms with Crippen LogP contribution >= 0.6 is 11.8 Å². The average Bonchev–Trinajstić information content (AvgIpc) is 2.67. The minimum Gasteiger partial charge on any atom is -0.358 e. The van der Waals surface area contributed by atoms with Crippen molar-refractivity contribution in [3.63, 3.8) is 0 Å². The molecule has 0 spiro atoms. The summed E-state index contributed by atoms with van der Waals surface area (Å²) in [5, 5.41) is 12.6. The molecule has 0 bridgehead atoms. The van der Waals surface area contributed by atoms with Gasteiger partial charge in [0.2, 0.25) is 0 Å². The van der Waals surface area contributed by atoms with Gasteiger partial charge in [-0.25, -0.2) is 8.42 Å². The number of nitrogens with zero attached hydrogens (tertiary/aromatic N) is 2. The third-order valence-electron chi connectivity index (χ3n) is 3.89. The number of sulfone groups is 1. The number of thioether (sulfide) groups is 1. The van der Waals surface area contributed by atoms with Crippen molar-refractivity contribution < 1.29 is 8.42 Å². The van der Waals surface area contributed by atoms with Gasteiger partial charge in [0, 0.05) is 6.26 Å². The standard InChI is InChI=1S/C19H19N3O2S2/c1-25-18-12-11-17(21-22-18)20-19(14-7-4-3-5-8-14)15-9-6-10-16(13-15)26(2,23)24/h3-13,19H,1-2H3,(H,20,21). The monoisotopic (exact) mass is 385 g/mol. The first-order chi connectivity index (χ1) is 12.5. The van der Waals surface area contributed by atoms with Crippen LogP contribution in [0.2, 0.25) is 0 Å². The summed E-state index contributed by atoms with van der Waals surface area (Å²) in [6.45, 7) is 0. The van der Waals surface area contributed by atoms with Crippen molar-refractivity contribution in [3.05, 3.63) is 77.9 Å². The summed E-state index contributed by atoms with van der Waals surface area (Å²) in [4.78, 5) is 0.293. The van der Waals surface area contributed by atoms with Gasteiger partial charge in [-0.2, -0.15) is 0 Å². The van der Waals surface area contributed by atoms with E-state index in [-0.39, 0.29) is 6.04 Å². The Bertz CT molecular complexity index is 975. The average molecular weight is 386 g/mol. The molecule has 0 radical (unpaired) electrons. The van der Waals surface area contributed by atoms with Crippen LogP contribution in [0.3, 0.4) is 0 Å². The molecule has 1 unspecified atom stereocenters. The minimum absolute atomic E-state index is 0.243. The highest BCUT2D eigenvalue weighted by atomic mass is 32.2. The zero-order chi connectivity index (χ0) is 18.6. The maximum Gasteiger partial charge on any atom is 0.175 e. The molecule has 0 aliphatic rings. The van der Waals surface area contributed by atoms with Crippen LogP contribution in [0.5, 0.6) is 0 Å². The van der Waals surface area contributed by atoms with Crippen LogP contribution in [0, 0.1) is 0 Å². The molecule has 1 atom stereocenters. The minimum atomic E-state index is -3.28. The van der Waals surface area contributed by atoms with Gasteiger partial charge in [0.1, 0.15) is 10.8 Å². The highest BCUT2D eigenvalue weighted by molar-refractivity contribution is 7.98. The topological polar surface area (TPSA) is 72.0 Å². The SMILES string of the molecule is CSc1ccc(NC(c2ccccc2)c2cccc(S(C)(=O)=O)c2)nn1. The lowest BCUT2D eigenvalue weighted by molar-refractivity contribution is 0.601. The number of hydrogen-bond acceptors (Lipinski definition) is 6. The predicted octanol–water partition coefficient (Wildman–Crippen LogP) is 3.80. The van der Waals surface area contributed by atoms with E-state index in [1.807, 2.05) is 54.8 Å². The van der Waals surface area contributed by atoms with Gasteiger partial charge in [-0.3, -0.25) is 0 Å². The Labute approximate surface area is 157 Å². The van der Waals surface area contributed by atoms with E-state index in [9.17, 15) is 8.42 Å². The summed E-state index contributed by atoms with van der Waals surface area (Å²) < 4.78 is 23.9. The van der Waals surface area contributed by atoms with E-state index < -0.39 is 9.84 Å². The van der Waals surface area contributed by atoms with E-state index in [2.05, 4.69) is 15.5 Å². The van der Waals surface area contributed by atoms with Gasteiger partial charge in [0.05, 0.1) is 10.9 Å². The van der Waals surface area contributed by atoms with Crippen LogP contribution in [0.1, 0.15) is 17.2 Å². The van der Waals surface area contributed by atoms with E-state index in [4.69, 9.17) is 0 Å². The summed E-state index contributed by atoms with van der Waals surface area (Å²) in [5.41, 5.74) is 1.85. The van der Waals surface area contributed by atoms with Crippen molar-refractivity contribution in [3.8, 4) is 0 Å². The molecular formula is C19H19N3O2S2. The smallest absolute Gasteiger partial charge is 0.175 e. The molecule has 3 rings (SSSR count). The summed E-state index contributed by atoms with van der Waals surface area (Å²) in [6.07, 6.45) is 3.16. The molecule has 2 aromatic carbocycles. The van der Waals surface area contributed by atoms with Crippen LogP contribution in [0.25, 0.3) is 0 Å². The van der Waals surface area contributed by atoms with Crippen LogP contribution in [-0.2, 0) is 9.84 Å². The van der Waals surface area contributed by atoms with Gasteiger partial charge in [-0.15, -0.1) is 22.0 Å². The normalized spacial score (nSPS) is 12.5. The largest absolute Gasteiger partial charge is 0.358 e. The molecule has 0 saturated carbocycles. The lowest BCUT2D eigenvalue weighted by Crippen LogP contribution is -2.14. The summed E-state index contributed by atoms with van der Waals surface area (Å²) in [5.74, 6) is 0.626. The van der Waals surface area contributed by atoms with Crippen molar-refractivity contribution >= 4 is 27.4 Å². The zero-order valence-electron chi connectivity index (χ0n) is 14.5. The molecule has 5 nitrogen and oxygen atoms in total. The molecule has 1 N–H and O–H groups in total. The van der Waals surface area contributed by atoms with Crippen molar-refractivity contribution in [1.82, 2.24) is 10.2 Å². The molecule has 134 valence electrons. The molecular weight excluding hydrogens is 366 g/mol. The summed E-state index contributed by atoms with van der Waals surface area (Å²) in [6, 6.07) is 20.3. The van der Waals surface area contributed by atoms with Gasteiger partial charge in [-0.05, 0) is 41.6 Å². The van der Waals surface area contributed by atoms with Crippen LogP contribution in [0.15, 0.2) is 76.7 Å². The molecule has 0 saturated heterocycles. The second-order valence-electron chi connectivity index (χ2n) is 5.79. The van der Waals surface area contributed by atoms with Crippen molar-refractivity contribution in [2.75, 3.05) is 17.8 Å². The highest BCUT2D eigenvalue weighted by Gasteiger charge is 2.17. The number of aromatic nitrogens is 2. The Morgan fingerprint density at radius 3 is 2.27 bits per heavy atom. The third kappa shape index (κ3) is 4.42. The van der Waals surface area contributed by atoms with Crippen molar-refractivity contribution in [2.24, 2.45) is 0 Å². The Kier molecular flexibility index (Phi) is 5.58. The van der Waals surface area contributed by atoms with Crippen molar-refractivity contribution in [2.45, 2.75) is 16.0 Å². The summed E-state index contributed by atoms with van der Waals surface area (Å²) in [7, 11) is -3.28. The van der Waals surface area contributed by atoms with Crippen LogP contribution in [0.4, 0.5) is 5.82 Å². The first-order valence-corrected chi connectivity index (χ1v) is 11.1. The van der Waals surface area contributed by atoms with Gasteiger partial charge >= 0.3 is 0 Å². The van der Waals surface area contributed by atoms with Crippen molar-refractivity contribution in [1.29, 1.82) is 0 Å². The first kappa shape index (κ1) is 18.4. The molecule has 7 heteroatoms. The second-order valence-corrected chi connectivity index (χ2v) is 8.64. The molecule has 0 fully saturated rings. The number of nitrogens with one attached hydrogen (secondary N) is 1. The molecule has 1 heterocycles. The van der Waals surface area contributed by atoms with Gasteiger partial charge in [0.25, 0.3) is 0 Å². The van der Waals surface area contributed by atoms with E-state index in [0.29, 0.717) is 10.7 Å². The molecule has 0 aliphatic heterocycles. The van der Waals surface area contributed by atoms with Gasteiger partial charge in [0.15, 0.2) is 9.84 Å². The predicted molar refractivity (Wildman–Crippen MR) is 105 cm³/mol. The lowest BCUT2D eigenvalue weighted by Gasteiger charge is -2.20. The van der Waals surface area contributed by atoms with Gasteiger partial charge in [-0.1, -0.05) is 42.5 Å². The maximum atomic E-state index is 11.9. The lowest BCUT2D eigenvalue weighted by atomic mass is 9.99. The molecule has 1 aromatic heterocycles. The van der Waals surface area contributed by atoms with E-state index in [1.54, 1.807) is 18.2 Å². The van der Waals surface area contributed by atoms with E-state index in [1.165, 1.54) is 18.0 Å². The fourth-order valence-electron chi connectivity index (χ4n) is 2.58. The molecule has 0 aliphatic carbocycles. The third-order valence-corrected chi connectivity index (χ3v) is 5.64. The number of rotatable bonds is 6. The van der Waals surface area contributed by atoms with E-state index in [0.717, 1.165) is 16.2 Å². The fourth-order valence-corrected chi connectivity index (χ4v) is 3.59. The zero-order valence-corrected chi connectivity index (χ0v) is 16.1. The summed E-state index contributed by atoms with van der Waals surface area (Å²) >= 11 is 1.53. The fraction of sp³-hybridized carbons (Fsp3) is 0.158. The molecule has 0 amide bonds. The highest BCUT2D eigenvalue weighted by Crippen LogP contribution is 2.27. The Hall–Kier alpha value is -2.38. The number of benzene rings is 2. The Morgan fingerprint density at radius 1 is 0.923 bits per heavy atom. The Balaban J connectivity index is 2.01. The van der Waals surface area contributed by atoms with Crippen LogP contribution < -0.4 is 5.32 Å². The molecule has 26 heavy (non-hydrogen) atoms. The quantitative estimate of drug-likeness (QED) is 0.651. The second kappa shape index (κ2) is 7.88. The Morgan fingerprint density at radius 2 is 1.65 bits per heavy atom. The first-order valence-electron chi connectivity index (χ1n) is 7.96. The molecule has 3 aromatic rings. The number of hydrogen-bond donors (Lipinski definition) is 1. The van der Waals surface area contributed by atoms with Crippen LogP contribution in [-0.4, -0.2) is 31.1 Å². The number of anilines is 1.